The zero-order valence-corrected chi connectivity index (χ0v) is 4.03. The first kappa shape index (κ1) is 5.11. The topological polar surface area (TPSA) is 62.0 Å². The van der Waals surface area contributed by atoms with Crippen LogP contribution in [-0.2, 0) is 0 Å². The van der Waals surface area contributed by atoms with Crippen molar-refractivity contribution in [1.29, 1.82) is 0 Å². The van der Waals surface area contributed by atoms with E-state index < -0.39 is 6.03 Å². The number of aliphatic hydroxyl groups is 1. The van der Waals surface area contributed by atoms with Gasteiger partial charge in [-0.15, -0.1) is 0 Å². The quantitative estimate of drug-likeness (QED) is 0.502. The molecule has 0 aliphatic carbocycles. The Bertz CT molecular complexity index is 171. The van der Waals surface area contributed by atoms with E-state index in [1.54, 1.807) is 0 Å². The van der Waals surface area contributed by atoms with Crippen LogP contribution in [0.1, 0.15) is 0 Å². The van der Waals surface area contributed by atoms with Crippen molar-refractivity contribution in [1.82, 2.24) is 0 Å². The van der Waals surface area contributed by atoms with Gasteiger partial charge in [-0.25, -0.2) is 4.79 Å². The van der Waals surface area contributed by atoms with Gasteiger partial charge in [0.25, 0.3) is 0 Å². The highest BCUT2D eigenvalue weighted by molar-refractivity contribution is 6.37. The smallest absolute Gasteiger partial charge is 0.367 e. The Morgan fingerprint density at radius 1 is 1.75 bits per heavy atom. The van der Waals surface area contributed by atoms with Gasteiger partial charge < -0.3 is 5.11 Å². The van der Waals surface area contributed by atoms with E-state index in [4.69, 9.17) is 5.11 Å². The standard InChI is InChI=1S/C4H4N2O2/c7-2-3-1-5-4(8)6-3/h1,7H,2H2. The molecule has 0 aromatic carbocycles. The maximum absolute atomic E-state index is 10.1. The first-order chi connectivity index (χ1) is 3.83. The van der Waals surface area contributed by atoms with Crippen LogP contribution < -0.4 is 0 Å². The maximum atomic E-state index is 10.1. The number of urea groups is 1. The molecule has 0 aromatic heterocycles. The third kappa shape index (κ3) is 0.788. The number of hydrogen-bond acceptors (Lipinski definition) is 2. The summed E-state index contributed by atoms with van der Waals surface area (Å²) in [6.07, 6.45) is 1.25. The van der Waals surface area contributed by atoms with E-state index in [1.807, 2.05) is 0 Å². The van der Waals surface area contributed by atoms with Crippen molar-refractivity contribution in [3.63, 3.8) is 0 Å². The largest absolute Gasteiger partial charge is 0.390 e. The lowest BCUT2D eigenvalue weighted by molar-refractivity contribution is 0.257. The summed E-state index contributed by atoms with van der Waals surface area (Å²) < 4.78 is 0. The molecule has 0 radical (unpaired) electrons. The molecule has 0 fully saturated rings. The molecule has 0 saturated carbocycles. The highest BCUT2D eigenvalue weighted by Crippen LogP contribution is 1.89. The normalized spacial score (nSPS) is 17.1. The second-order valence-corrected chi connectivity index (χ2v) is 1.30. The predicted octanol–water partition coefficient (Wildman–Crippen LogP) is -0.376. The zero-order chi connectivity index (χ0) is 5.98. The van der Waals surface area contributed by atoms with Crippen LogP contribution in [0.15, 0.2) is 9.98 Å². The van der Waals surface area contributed by atoms with E-state index in [1.165, 1.54) is 6.21 Å². The van der Waals surface area contributed by atoms with Crippen LogP contribution >= 0.6 is 0 Å². The molecule has 0 saturated heterocycles. The summed E-state index contributed by atoms with van der Waals surface area (Å²) in [7, 11) is 0. The molecule has 4 heteroatoms. The molecule has 0 spiro atoms. The van der Waals surface area contributed by atoms with Crippen LogP contribution in [0.5, 0.6) is 0 Å². The molecule has 1 rings (SSSR count). The van der Waals surface area contributed by atoms with Crippen molar-refractivity contribution < 1.29 is 9.90 Å². The summed E-state index contributed by atoms with van der Waals surface area (Å²) in [4.78, 5) is 16.7. The predicted molar refractivity (Wildman–Crippen MR) is 28.4 cm³/mol. The molecule has 1 heterocycles. The van der Waals surface area contributed by atoms with Gasteiger partial charge in [-0.3, -0.25) is 0 Å². The van der Waals surface area contributed by atoms with E-state index in [9.17, 15) is 4.79 Å². The van der Waals surface area contributed by atoms with Crippen molar-refractivity contribution in [2.45, 2.75) is 0 Å². The average Bonchev–Trinajstić information content (AvgIpc) is 2.14. The Balaban J connectivity index is 2.72. The lowest BCUT2D eigenvalue weighted by Crippen LogP contribution is -2.01. The molecule has 42 valence electrons. The molecule has 0 bridgehead atoms. The molecule has 1 aliphatic rings. The summed E-state index contributed by atoms with van der Waals surface area (Å²) in [5.74, 6) is 0. The summed E-state index contributed by atoms with van der Waals surface area (Å²) >= 11 is 0. The van der Waals surface area contributed by atoms with Gasteiger partial charge in [0, 0.05) is 0 Å². The molecule has 0 unspecified atom stereocenters. The zero-order valence-electron chi connectivity index (χ0n) is 4.03. The van der Waals surface area contributed by atoms with Crippen molar-refractivity contribution in [3.05, 3.63) is 0 Å². The Morgan fingerprint density at radius 3 is 2.75 bits per heavy atom. The van der Waals surface area contributed by atoms with Crippen LogP contribution in [0, 0.1) is 0 Å². The summed E-state index contributed by atoms with van der Waals surface area (Å²) in [6.45, 7) is -0.213. The monoisotopic (exact) mass is 112 g/mol. The molecule has 8 heavy (non-hydrogen) atoms. The van der Waals surface area contributed by atoms with Crippen molar-refractivity contribution in [2.24, 2.45) is 9.98 Å². The van der Waals surface area contributed by atoms with Crippen LogP contribution in [0.4, 0.5) is 4.79 Å². The molecular formula is C4H4N2O2. The average molecular weight is 112 g/mol. The fraction of sp³-hybridized carbons (Fsp3) is 0.250. The number of carbonyl (C=O) groups is 1. The molecule has 4 nitrogen and oxygen atoms in total. The highest BCUT2D eigenvalue weighted by Gasteiger charge is 2.04. The Morgan fingerprint density at radius 2 is 2.50 bits per heavy atom. The number of nitrogens with zero attached hydrogens (tertiary/aromatic N) is 2. The molecule has 1 aliphatic heterocycles. The van der Waals surface area contributed by atoms with Gasteiger partial charge in [0.1, 0.15) is 0 Å². The van der Waals surface area contributed by atoms with Gasteiger partial charge in [-0.1, -0.05) is 0 Å². The van der Waals surface area contributed by atoms with E-state index in [2.05, 4.69) is 9.98 Å². The fourth-order valence-electron chi connectivity index (χ4n) is 0.386. The summed E-state index contributed by atoms with van der Waals surface area (Å²) in [5, 5.41) is 8.31. The van der Waals surface area contributed by atoms with E-state index in [0.717, 1.165) is 0 Å². The number of hydrogen-bond donors (Lipinski definition) is 1. The number of aliphatic hydroxyl groups excluding tert-OH is 1. The third-order valence-electron chi connectivity index (χ3n) is 0.725. The second-order valence-electron chi connectivity index (χ2n) is 1.30. The Hall–Kier alpha value is -1.03. The maximum Gasteiger partial charge on any atom is 0.367 e. The van der Waals surface area contributed by atoms with Crippen LogP contribution in [0.3, 0.4) is 0 Å². The molecular weight excluding hydrogens is 108 g/mol. The van der Waals surface area contributed by atoms with Crippen molar-refractivity contribution in [3.8, 4) is 0 Å². The number of amides is 2. The number of carbonyl (C=O) groups excluding carboxylic acids is 1. The Labute approximate surface area is 45.6 Å². The molecule has 2 amide bonds. The van der Waals surface area contributed by atoms with Crippen LogP contribution in [0.25, 0.3) is 0 Å². The van der Waals surface area contributed by atoms with Gasteiger partial charge >= 0.3 is 6.03 Å². The van der Waals surface area contributed by atoms with Crippen molar-refractivity contribution in [2.75, 3.05) is 6.61 Å². The van der Waals surface area contributed by atoms with Crippen LogP contribution in [-0.4, -0.2) is 29.7 Å². The van der Waals surface area contributed by atoms with Gasteiger partial charge in [-0.2, -0.15) is 9.98 Å². The van der Waals surface area contributed by atoms with Crippen LogP contribution in [0.2, 0.25) is 0 Å². The summed E-state index contributed by atoms with van der Waals surface area (Å²) in [6, 6.07) is -0.533. The minimum Gasteiger partial charge on any atom is -0.390 e. The molecule has 0 aromatic rings. The van der Waals surface area contributed by atoms with E-state index in [0.29, 0.717) is 5.71 Å². The second kappa shape index (κ2) is 1.83. The van der Waals surface area contributed by atoms with E-state index >= 15 is 0 Å². The fourth-order valence-corrected chi connectivity index (χ4v) is 0.386. The lowest BCUT2D eigenvalue weighted by Gasteiger charge is -1.79. The SMILES string of the molecule is O=C1N=CC(CO)=N1. The highest BCUT2D eigenvalue weighted by atomic mass is 16.3. The van der Waals surface area contributed by atoms with Gasteiger partial charge in [0.2, 0.25) is 0 Å². The number of aliphatic imine (C=N–C) groups is 2. The minimum atomic E-state index is -0.533. The minimum absolute atomic E-state index is 0.213. The number of rotatable bonds is 1. The molecule has 1 N–H and O–H groups in total. The Kier molecular flexibility index (Phi) is 1.17. The first-order valence-corrected chi connectivity index (χ1v) is 2.09. The molecule has 0 atom stereocenters. The van der Waals surface area contributed by atoms with Gasteiger partial charge in [0.05, 0.1) is 18.5 Å². The third-order valence-corrected chi connectivity index (χ3v) is 0.725. The van der Waals surface area contributed by atoms with Gasteiger partial charge in [0.15, 0.2) is 0 Å². The summed E-state index contributed by atoms with van der Waals surface area (Å²) in [5.41, 5.74) is 0.329. The van der Waals surface area contributed by atoms with E-state index in [-0.39, 0.29) is 6.61 Å². The van der Waals surface area contributed by atoms with Gasteiger partial charge in [-0.05, 0) is 0 Å². The lowest BCUT2D eigenvalue weighted by atomic mass is 10.4. The van der Waals surface area contributed by atoms with Crippen molar-refractivity contribution >= 4 is 18.0 Å². The first-order valence-electron chi connectivity index (χ1n) is 2.09.